The van der Waals surface area contributed by atoms with Gasteiger partial charge in [-0.25, -0.2) is 4.79 Å². The van der Waals surface area contributed by atoms with Crippen molar-refractivity contribution in [3.63, 3.8) is 0 Å². The zero-order valence-electron chi connectivity index (χ0n) is 17.5. The fraction of sp³-hybridized carbons (Fsp3) is 0.500. The maximum Gasteiger partial charge on any atom is 0.471 e. The van der Waals surface area contributed by atoms with Crippen molar-refractivity contribution < 1.29 is 32.0 Å². The smallest absolute Gasteiger partial charge is 0.377 e. The molecule has 3 N–H and O–H groups in total. The normalized spacial score (nSPS) is 21.3. The molecule has 0 spiro atoms. The van der Waals surface area contributed by atoms with Crippen molar-refractivity contribution in [1.82, 2.24) is 25.3 Å². The summed E-state index contributed by atoms with van der Waals surface area (Å²) in [6.45, 7) is 1.88. The monoisotopic (exact) mass is 468 g/mol. The van der Waals surface area contributed by atoms with Crippen molar-refractivity contribution in [3.8, 4) is 11.4 Å². The third-order valence-electron chi connectivity index (χ3n) is 5.59. The number of likely N-dealkylation sites (tertiary alicyclic amines) is 1. The third-order valence-corrected chi connectivity index (χ3v) is 5.59. The van der Waals surface area contributed by atoms with Crippen LogP contribution >= 0.6 is 0 Å². The molecule has 0 bridgehead atoms. The molecule has 0 aliphatic carbocycles. The minimum absolute atomic E-state index is 0.162. The van der Waals surface area contributed by atoms with E-state index in [1.807, 2.05) is 0 Å². The number of carbonyl (C=O) groups excluding carboxylic acids is 2. The van der Waals surface area contributed by atoms with Crippen molar-refractivity contribution in [3.05, 3.63) is 35.7 Å². The molecule has 178 valence electrons. The first-order valence-electron chi connectivity index (χ1n) is 10.4. The van der Waals surface area contributed by atoms with Gasteiger partial charge in [0.15, 0.2) is 0 Å². The van der Waals surface area contributed by atoms with E-state index in [1.165, 1.54) is 24.3 Å². The largest absolute Gasteiger partial charge is 0.471 e. The molecule has 0 unspecified atom stereocenters. The number of halogens is 3. The minimum atomic E-state index is -4.73. The van der Waals surface area contributed by atoms with Crippen LogP contribution in [0.5, 0.6) is 0 Å². The fourth-order valence-electron chi connectivity index (χ4n) is 3.81. The van der Waals surface area contributed by atoms with Gasteiger partial charge in [-0.2, -0.15) is 18.2 Å². The number of urea groups is 1. The predicted octanol–water partition coefficient (Wildman–Crippen LogP) is 1.69. The molecule has 2 aromatic rings. The summed E-state index contributed by atoms with van der Waals surface area (Å²) in [5.41, 5.74) is 6.57. The lowest BCUT2D eigenvalue weighted by atomic mass is 10.1. The summed E-state index contributed by atoms with van der Waals surface area (Å²) >= 11 is 0. The molecule has 0 radical (unpaired) electrons. The van der Waals surface area contributed by atoms with Gasteiger partial charge in [-0.3, -0.25) is 4.79 Å². The second-order valence-corrected chi connectivity index (χ2v) is 7.82. The number of nitrogens with zero attached hydrogens (tertiary/aromatic N) is 4. The van der Waals surface area contributed by atoms with Gasteiger partial charge in [0.05, 0.1) is 25.4 Å². The molecule has 1 aromatic heterocycles. The molecule has 2 aliphatic rings. The molecule has 4 rings (SSSR count). The predicted molar refractivity (Wildman–Crippen MR) is 108 cm³/mol. The fourth-order valence-corrected chi connectivity index (χ4v) is 3.81. The van der Waals surface area contributed by atoms with Gasteiger partial charge in [0.2, 0.25) is 5.82 Å². The van der Waals surface area contributed by atoms with Gasteiger partial charge in [-0.1, -0.05) is 17.3 Å². The van der Waals surface area contributed by atoms with Gasteiger partial charge in [-0.05, 0) is 25.0 Å². The van der Waals surface area contributed by atoms with E-state index in [0.717, 1.165) is 12.8 Å². The third kappa shape index (κ3) is 5.09. The number of nitrogens with one attached hydrogen (secondary N) is 1. The van der Waals surface area contributed by atoms with Crippen molar-refractivity contribution >= 4 is 11.9 Å². The maximum atomic E-state index is 12.9. The summed E-state index contributed by atoms with van der Waals surface area (Å²) in [4.78, 5) is 32.1. The van der Waals surface area contributed by atoms with Crippen LogP contribution in [0.2, 0.25) is 0 Å². The van der Waals surface area contributed by atoms with Crippen molar-refractivity contribution in [2.24, 2.45) is 5.73 Å². The number of hydrogen-bond donors (Lipinski definition) is 2. The zero-order valence-corrected chi connectivity index (χ0v) is 17.5. The van der Waals surface area contributed by atoms with Crippen LogP contribution < -0.4 is 11.1 Å². The number of alkyl halides is 3. The highest BCUT2D eigenvalue weighted by atomic mass is 19.4. The van der Waals surface area contributed by atoms with E-state index in [0.29, 0.717) is 19.7 Å². The van der Waals surface area contributed by atoms with Gasteiger partial charge >= 0.3 is 18.1 Å². The summed E-state index contributed by atoms with van der Waals surface area (Å²) in [6.07, 6.45) is -3.42. The lowest BCUT2D eigenvalue weighted by Crippen LogP contribution is -2.58. The molecule has 3 heterocycles. The molecule has 2 fully saturated rings. The van der Waals surface area contributed by atoms with E-state index in [9.17, 15) is 22.8 Å². The van der Waals surface area contributed by atoms with E-state index in [2.05, 4.69) is 20.0 Å². The van der Waals surface area contributed by atoms with Crippen LogP contribution in [0.4, 0.5) is 18.0 Å². The SMILES string of the molecule is N[C@@H]1CCCN1C(=O)N1CCOC[C@@H]1CNC(=O)c1ccc(-c2noc(C(F)(F)F)n2)cc1. The van der Waals surface area contributed by atoms with E-state index >= 15 is 0 Å². The average Bonchev–Trinajstić information content (AvgIpc) is 3.47. The molecular weight excluding hydrogens is 445 g/mol. The number of benzene rings is 1. The molecule has 2 saturated heterocycles. The first kappa shape index (κ1) is 23.0. The molecule has 2 atom stereocenters. The molecule has 10 nitrogen and oxygen atoms in total. The second-order valence-electron chi connectivity index (χ2n) is 7.82. The summed E-state index contributed by atoms with van der Waals surface area (Å²) in [6, 6.07) is 5.23. The number of morpholine rings is 1. The molecule has 3 amide bonds. The van der Waals surface area contributed by atoms with Crippen LogP contribution in [0.15, 0.2) is 28.8 Å². The van der Waals surface area contributed by atoms with Crippen LogP contribution in [0, 0.1) is 0 Å². The van der Waals surface area contributed by atoms with Gasteiger partial charge in [0.25, 0.3) is 5.91 Å². The number of ether oxygens (including phenoxy) is 1. The summed E-state index contributed by atoms with van der Waals surface area (Å²) in [5, 5.41) is 6.09. The topological polar surface area (TPSA) is 127 Å². The Morgan fingerprint density at radius 2 is 1.94 bits per heavy atom. The molecule has 2 aliphatic heterocycles. The Morgan fingerprint density at radius 1 is 1.18 bits per heavy atom. The maximum absolute atomic E-state index is 12.9. The van der Waals surface area contributed by atoms with Gasteiger partial charge in [-0.15, -0.1) is 0 Å². The van der Waals surface area contributed by atoms with E-state index < -0.39 is 18.0 Å². The van der Waals surface area contributed by atoms with E-state index in [4.69, 9.17) is 10.5 Å². The Labute approximate surface area is 186 Å². The highest BCUT2D eigenvalue weighted by Gasteiger charge is 2.38. The number of amides is 3. The molecular formula is C20H23F3N6O4. The van der Waals surface area contributed by atoms with Crippen molar-refractivity contribution in [2.75, 3.05) is 32.8 Å². The Bertz CT molecular complexity index is 996. The summed E-state index contributed by atoms with van der Waals surface area (Å²) < 4.78 is 47.6. The Balaban J connectivity index is 1.36. The van der Waals surface area contributed by atoms with Crippen LogP contribution in [0.25, 0.3) is 11.4 Å². The summed E-state index contributed by atoms with van der Waals surface area (Å²) in [5.74, 6) is -2.08. The standard InChI is InChI=1S/C20H23F3N6O4/c21-20(22,23)18-26-16(27-33-18)12-3-5-13(6-4-12)17(30)25-10-14-11-32-9-8-28(14)19(31)29-7-1-2-15(29)24/h3-6,14-15H,1-2,7-11,24H2,(H,25,30)/t14-,15-/m0/s1. The summed E-state index contributed by atoms with van der Waals surface area (Å²) in [7, 11) is 0. The molecule has 33 heavy (non-hydrogen) atoms. The quantitative estimate of drug-likeness (QED) is 0.699. The number of carbonyl (C=O) groups is 2. The Kier molecular flexibility index (Phi) is 6.51. The average molecular weight is 468 g/mol. The van der Waals surface area contributed by atoms with Gasteiger partial charge in [0, 0.05) is 30.8 Å². The zero-order chi connectivity index (χ0) is 23.6. The highest BCUT2D eigenvalue weighted by Crippen LogP contribution is 2.29. The number of rotatable bonds is 4. The lowest BCUT2D eigenvalue weighted by Gasteiger charge is -2.38. The Morgan fingerprint density at radius 3 is 2.58 bits per heavy atom. The van der Waals surface area contributed by atoms with E-state index in [1.54, 1.807) is 9.80 Å². The number of aromatic nitrogens is 2. The van der Waals surface area contributed by atoms with Gasteiger partial charge < -0.3 is 30.1 Å². The van der Waals surface area contributed by atoms with Crippen LogP contribution in [-0.4, -0.2) is 76.9 Å². The van der Waals surface area contributed by atoms with Gasteiger partial charge in [0.1, 0.15) is 0 Å². The number of hydrogen-bond acceptors (Lipinski definition) is 7. The first-order chi connectivity index (χ1) is 15.7. The van der Waals surface area contributed by atoms with E-state index in [-0.39, 0.29) is 48.3 Å². The van der Waals surface area contributed by atoms with Crippen LogP contribution in [0.3, 0.4) is 0 Å². The van der Waals surface area contributed by atoms with Crippen LogP contribution in [-0.2, 0) is 10.9 Å². The second kappa shape index (κ2) is 9.35. The van der Waals surface area contributed by atoms with Crippen LogP contribution in [0.1, 0.15) is 29.1 Å². The minimum Gasteiger partial charge on any atom is -0.377 e. The van der Waals surface area contributed by atoms with Crippen molar-refractivity contribution in [2.45, 2.75) is 31.2 Å². The first-order valence-corrected chi connectivity index (χ1v) is 10.4. The lowest BCUT2D eigenvalue weighted by molar-refractivity contribution is -0.159. The van der Waals surface area contributed by atoms with Crippen molar-refractivity contribution in [1.29, 1.82) is 0 Å². The number of nitrogens with two attached hydrogens (primary N) is 1. The molecule has 13 heteroatoms. The Hall–Kier alpha value is -3.19. The highest BCUT2D eigenvalue weighted by molar-refractivity contribution is 5.94. The molecule has 1 aromatic carbocycles. The molecule has 0 saturated carbocycles.